The maximum atomic E-state index is 13.1. The van der Waals surface area contributed by atoms with Gasteiger partial charge >= 0.3 is 0 Å². The quantitative estimate of drug-likeness (QED) is 0.267. The second kappa shape index (κ2) is 9.30. The van der Waals surface area contributed by atoms with E-state index in [1.54, 1.807) is 23.4 Å². The van der Waals surface area contributed by atoms with E-state index in [1.165, 1.54) is 12.1 Å². The lowest BCUT2D eigenvalue weighted by Gasteiger charge is -2.26. The molecule has 2 rings (SSSR count). The van der Waals surface area contributed by atoms with Crippen molar-refractivity contribution < 1.29 is 4.39 Å². The van der Waals surface area contributed by atoms with E-state index in [9.17, 15) is 9.65 Å². The van der Waals surface area contributed by atoms with Gasteiger partial charge in [-0.1, -0.05) is 12.2 Å². The number of benzene rings is 1. The molecule has 0 unspecified atom stereocenters. The Hall–Kier alpha value is -2.46. The Kier molecular flexibility index (Phi) is 7.10. The molecule has 0 radical (unpaired) electrons. The van der Waals surface area contributed by atoms with Crippen LogP contribution in [-0.4, -0.2) is 61.4 Å². The fourth-order valence-corrected chi connectivity index (χ4v) is 3.08. The molecule has 0 atom stereocenters. The predicted octanol–water partition coefficient (Wildman–Crippen LogP) is 3.05. The summed E-state index contributed by atoms with van der Waals surface area (Å²) < 4.78 is 13.1. The van der Waals surface area contributed by atoms with Crippen LogP contribution in [0, 0.1) is 17.1 Å². The first-order valence-electron chi connectivity index (χ1n) is 8.53. The number of nitrogens with zero attached hydrogens (tertiary/aromatic N) is 5. The van der Waals surface area contributed by atoms with E-state index in [0.29, 0.717) is 10.6 Å². The number of nitriles is 1. The van der Waals surface area contributed by atoms with E-state index in [1.807, 2.05) is 21.0 Å². The van der Waals surface area contributed by atoms with Gasteiger partial charge in [0, 0.05) is 51.7 Å². The Balaban J connectivity index is 2.12. The average Bonchev–Trinajstić information content (AvgIpc) is 2.87. The SMILES string of the molecule is C/C(=C(\C#N)C(=S)/N=C/N(C)C)N1CCCN(c2ccc(F)cc2)CC1. The second-order valence-corrected chi connectivity index (χ2v) is 6.78. The molecule has 0 aromatic heterocycles. The Morgan fingerprint density at radius 2 is 1.92 bits per heavy atom. The molecule has 0 saturated carbocycles. The number of hydrogen-bond donors (Lipinski definition) is 0. The normalized spacial score (nSPS) is 16.1. The maximum absolute atomic E-state index is 13.1. The van der Waals surface area contributed by atoms with Crippen LogP contribution in [0.4, 0.5) is 10.1 Å². The standard InChI is InChI=1S/C19H24FN5S/c1-15(18(13-21)19(26)22-14-23(2)3)24-9-4-10-25(12-11-24)17-7-5-16(20)6-8-17/h5-8,14H,4,9-12H2,1-3H3/b18-15-,22-14+. The summed E-state index contributed by atoms with van der Waals surface area (Å²) in [5.41, 5.74) is 2.31. The minimum atomic E-state index is -0.227. The van der Waals surface area contributed by atoms with Gasteiger partial charge in [0.25, 0.3) is 0 Å². The zero-order valence-corrected chi connectivity index (χ0v) is 16.3. The third-order valence-corrected chi connectivity index (χ3v) is 4.56. The molecule has 5 nitrogen and oxygen atoms in total. The smallest absolute Gasteiger partial charge is 0.147 e. The van der Waals surface area contributed by atoms with Gasteiger partial charge in [-0.3, -0.25) is 0 Å². The lowest BCUT2D eigenvalue weighted by Crippen LogP contribution is -2.30. The van der Waals surface area contributed by atoms with Gasteiger partial charge in [-0.2, -0.15) is 5.26 Å². The summed E-state index contributed by atoms with van der Waals surface area (Å²) in [5, 5.41) is 9.53. The summed E-state index contributed by atoms with van der Waals surface area (Å²) in [6, 6.07) is 8.78. The van der Waals surface area contributed by atoms with Crippen LogP contribution in [0.15, 0.2) is 40.5 Å². The van der Waals surface area contributed by atoms with Gasteiger partial charge in [-0.15, -0.1) is 0 Å². The first kappa shape index (κ1) is 19.9. The molecule has 0 bridgehead atoms. The third kappa shape index (κ3) is 5.27. The molecule has 0 N–H and O–H groups in total. The zero-order chi connectivity index (χ0) is 19.1. The molecule has 1 aromatic rings. The van der Waals surface area contributed by atoms with Gasteiger partial charge in [0.05, 0.1) is 6.34 Å². The summed E-state index contributed by atoms with van der Waals surface area (Å²) in [4.78, 5) is 10.7. The molecule has 138 valence electrons. The highest BCUT2D eigenvalue weighted by Crippen LogP contribution is 2.20. The topological polar surface area (TPSA) is 45.9 Å². The molecular formula is C19H24FN5S. The van der Waals surface area contributed by atoms with Crippen molar-refractivity contribution in [2.45, 2.75) is 13.3 Å². The molecule has 1 aliphatic rings. The molecule has 0 aliphatic carbocycles. The van der Waals surface area contributed by atoms with Crippen LogP contribution in [0.5, 0.6) is 0 Å². The molecule has 0 spiro atoms. The molecule has 26 heavy (non-hydrogen) atoms. The van der Waals surface area contributed by atoms with Crippen molar-refractivity contribution in [1.82, 2.24) is 9.80 Å². The number of thiocarbonyl (C=S) groups is 1. The molecular weight excluding hydrogens is 349 g/mol. The van der Waals surface area contributed by atoms with Crippen molar-refractivity contribution in [2.75, 3.05) is 45.2 Å². The van der Waals surface area contributed by atoms with Crippen molar-refractivity contribution in [3.63, 3.8) is 0 Å². The Morgan fingerprint density at radius 3 is 2.54 bits per heavy atom. The maximum Gasteiger partial charge on any atom is 0.147 e. The highest BCUT2D eigenvalue weighted by atomic mass is 32.1. The molecule has 0 amide bonds. The Morgan fingerprint density at radius 1 is 1.23 bits per heavy atom. The average molecular weight is 374 g/mol. The van der Waals surface area contributed by atoms with Crippen LogP contribution >= 0.6 is 12.2 Å². The van der Waals surface area contributed by atoms with Gasteiger partial charge in [-0.25, -0.2) is 9.38 Å². The van der Waals surface area contributed by atoms with Crippen molar-refractivity contribution in [2.24, 2.45) is 4.99 Å². The van der Waals surface area contributed by atoms with E-state index in [-0.39, 0.29) is 5.82 Å². The van der Waals surface area contributed by atoms with Crippen molar-refractivity contribution in [1.29, 1.82) is 5.26 Å². The number of halogens is 1. The van der Waals surface area contributed by atoms with Crippen LogP contribution in [0.25, 0.3) is 0 Å². The number of anilines is 1. The van der Waals surface area contributed by atoms with Crippen LogP contribution in [0.1, 0.15) is 13.3 Å². The van der Waals surface area contributed by atoms with Crippen LogP contribution in [0.2, 0.25) is 0 Å². The monoisotopic (exact) mass is 373 g/mol. The van der Waals surface area contributed by atoms with E-state index in [0.717, 1.165) is 44.0 Å². The number of rotatable bonds is 4. The first-order chi connectivity index (χ1) is 12.4. The lowest BCUT2D eigenvalue weighted by molar-refractivity contribution is 0.369. The lowest BCUT2D eigenvalue weighted by atomic mass is 10.2. The third-order valence-electron chi connectivity index (χ3n) is 4.26. The van der Waals surface area contributed by atoms with E-state index < -0.39 is 0 Å². The highest BCUT2D eigenvalue weighted by Gasteiger charge is 2.19. The fourth-order valence-electron chi connectivity index (χ4n) is 2.84. The summed E-state index contributed by atoms with van der Waals surface area (Å²) in [6.07, 6.45) is 2.55. The van der Waals surface area contributed by atoms with Gasteiger partial charge in [0.2, 0.25) is 0 Å². The minimum absolute atomic E-state index is 0.227. The second-order valence-electron chi connectivity index (χ2n) is 6.39. The van der Waals surface area contributed by atoms with Gasteiger partial charge in [0.15, 0.2) is 0 Å². The highest BCUT2D eigenvalue weighted by molar-refractivity contribution is 7.80. The van der Waals surface area contributed by atoms with Crippen molar-refractivity contribution >= 4 is 29.2 Å². The molecule has 1 heterocycles. The molecule has 1 aromatic carbocycles. The molecule has 1 aliphatic heterocycles. The van der Waals surface area contributed by atoms with Crippen molar-refractivity contribution in [3.8, 4) is 6.07 Å². The predicted molar refractivity (Wildman–Crippen MR) is 108 cm³/mol. The molecule has 7 heteroatoms. The van der Waals surface area contributed by atoms with E-state index in [4.69, 9.17) is 12.2 Å². The first-order valence-corrected chi connectivity index (χ1v) is 8.94. The number of aliphatic imine (C=N–C) groups is 1. The van der Waals surface area contributed by atoms with E-state index in [2.05, 4.69) is 20.9 Å². The number of allylic oxidation sites excluding steroid dienone is 1. The fraction of sp³-hybridized carbons (Fsp3) is 0.421. The summed E-state index contributed by atoms with van der Waals surface area (Å²) in [6.45, 7) is 5.22. The minimum Gasteiger partial charge on any atom is -0.372 e. The summed E-state index contributed by atoms with van der Waals surface area (Å²) >= 11 is 5.31. The summed E-state index contributed by atoms with van der Waals surface area (Å²) in [5.74, 6) is -0.227. The largest absolute Gasteiger partial charge is 0.372 e. The van der Waals surface area contributed by atoms with Gasteiger partial charge in [0.1, 0.15) is 22.4 Å². The van der Waals surface area contributed by atoms with E-state index >= 15 is 0 Å². The van der Waals surface area contributed by atoms with Crippen LogP contribution in [-0.2, 0) is 0 Å². The van der Waals surface area contributed by atoms with Crippen LogP contribution < -0.4 is 4.90 Å². The van der Waals surface area contributed by atoms with Crippen molar-refractivity contribution in [3.05, 3.63) is 41.4 Å². The Labute approximate surface area is 160 Å². The Bertz CT molecular complexity index is 733. The van der Waals surface area contributed by atoms with Gasteiger partial charge in [-0.05, 0) is 37.6 Å². The molecule has 1 fully saturated rings. The van der Waals surface area contributed by atoms with Crippen LogP contribution in [0.3, 0.4) is 0 Å². The number of hydrogen-bond acceptors (Lipinski definition) is 4. The van der Waals surface area contributed by atoms with Gasteiger partial charge < -0.3 is 14.7 Å². The summed E-state index contributed by atoms with van der Waals surface area (Å²) in [7, 11) is 3.71. The molecule has 1 saturated heterocycles. The zero-order valence-electron chi connectivity index (χ0n) is 15.4.